The number of ether oxygens (including phenoxy) is 2. The third-order valence-corrected chi connectivity index (χ3v) is 7.73. The Morgan fingerprint density at radius 1 is 0.905 bits per heavy atom. The van der Waals surface area contributed by atoms with Crippen LogP contribution in [0, 0.1) is 0 Å². The average Bonchev–Trinajstić information content (AvgIpc) is 3.52. The van der Waals surface area contributed by atoms with Gasteiger partial charge in [0.25, 0.3) is 0 Å². The van der Waals surface area contributed by atoms with Gasteiger partial charge >= 0.3 is 6.03 Å². The van der Waals surface area contributed by atoms with Gasteiger partial charge in [-0.3, -0.25) is 9.69 Å². The summed E-state index contributed by atoms with van der Waals surface area (Å²) in [6, 6.07) is 24.4. The number of hydrogen-bond donors (Lipinski definition) is 1. The van der Waals surface area contributed by atoms with Gasteiger partial charge in [-0.2, -0.15) is 0 Å². The van der Waals surface area contributed by atoms with Crippen LogP contribution in [0.15, 0.2) is 85.1 Å². The number of nitrogens with one attached hydrogen (secondary N) is 1. The van der Waals surface area contributed by atoms with Crippen LogP contribution in [0.25, 0.3) is 5.69 Å². The summed E-state index contributed by atoms with van der Waals surface area (Å²) < 4.78 is 13.4. The molecule has 0 fully saturated rings. The molecule has 3 aromatic carbocycles. The van der Waals surface area contributed by atoms with E-state index in [1.165, 1.54) is 5.56 Å². The molecule has 1 unspecified atom stereocenters. The maximum Gasteiger partial charge on any atom is 0.322 e. The van der Waals surface area contributed by atoms with Crippen LogP contribution in [0.2, 0.25) is 0 Å². The van der Waals surface area contributed by atoms with E-state index in [0.717, 1.165) is 41.9 Å². The van der Waals surface area contributed by atoms with Crippen LogP contribution >= 0.6 is 0 Å². The summed E-state index contributed by atoms with van der Waals surface area (Å²) in [6.07, 6.45) is 4.60. The highest BCUT2D eigenvalue weighted by Gasteiger charge is 2.38. The van der Waals surface area contributed by atoms with Gasteiger partial charge in [-0.25, -0.2) is 4.79 Å². The number of carbonyl (C=O) groups is 2. The Morgan fingerprint density at radius 2 is 1.67 bits per heavy atom. The Labute approximate surface area is 247 Å². The minimum absolute atomic E-state index is 0.0866. The highest BCUT2D eigenvalue weighted by Crippen LogP contribution is 2.45. The zero-order valence-corrected chi connectivity index (χ0v) is 24.7. The van der Waals surface area contributed by atoms with Crippen LogP contribution in [-0.2, 0) is 11.2 Å². The van der Waals surface area contributed by atoms with Crippen molar-refractivity contribution in [3.63, 3.8) is 0 Å². The number of urea groups is 1. The molecule has 0 bridgehead atoms. The normalized spacial score (nSPS) is 13.6. The molecule has 0 radical (unpaired) electrons. The van der Waals surface area contributed by atoms with E-state index in [1.54, 1.807) is 24.0 Å². The van der Waals surface area contributed by atoms with Crippen molar-refractivity contribution in [2.45, 2.75) is 39.2 Å². The lowest BCUT2D eigenvalue weighted by Crippen LogP contribution is -2.48. The van der Waals surface area contributed by atoms with Gasteiger partial charge in [-0.1, -0.05) is 44.5 Å². The van der Waals surface area contributed by atoms with E-state index in [4.69, 9.17) is 9.47 Å². The highest BCUT2D eigenvalue weighted by molar-refractivity contribution is 6.01. The molecule has 5 rings (SSSR count). The van der Waals surface area contributed by atoms with Gasteiger partial charge in [0.2, 0.25) is 5.91 Å². The number of nitrogens with zero attached hydrogens (tertiary/aromatic N) is 3. The SMILES string of the molecule is CCCCN(CC(=O)N1c2ccccc2-n2cccc2C1c1cc(OC)ccc1OC)C(=O)Nc1ccc(CC)cc1. The Bertz CT molecular complexity index is 1550. The van der Waals surface area contributed by atoms with Crippen molar-refractivity contribution in [1.82, 2.24) is 9.47 Å². The summed E-state index contributed by atoms with van der Waals surface area (Å²) in [5.41, 5.74) is 5.25. The summed E-state index contributed by atoms with van der Waals surface area (Å²) in [6.45, 7) is 4.54. The minimum atomic E-state index is -0.509. The van der Waals surface area contributed by atoms with Crippen molar-refractivity contribution in [3.05, 3.63) is 102 Å². The number of methoxy groups -OCH3 is 2. The standard InChI is InChI=1S/C34H38N4O4/c1-5-7-20-36(34(40)35-25-16-14-24(6-2)15-17-25)23-32(39)38-29-12-9-8-11-28(29)37-21-10-13-30(37)33(38)27-22-26(41-3)18-19-31(27)42-4/h8-19,21-22,33H,5-7,20,23H2,1-4H3,(H,35,40). The number of unbranched alkanes of at least 4 members (excludes halogenated alkanes) is 1. The number of fused-ring (bicyclic) bond motifs is 3. The van der Waals surface area contributed by atoms with Gasteiger partial charge in [0.05, 0.1) is 31.3 Å². The predicted molar refractivity (Wildman–Crippen MR) is 166 cm³/mol. The van der Waals surface area contributed by atoms with Crippen molar-refractivity contribution < 1.29 is 19.1 Å². The van der Waals surface area contributed by atoms with Gasteiger partial charge in [-0.05, 0) is 73.0 Å². The van der Waals surface area contributed by atoms with Crippen LogP contribution in [0.3, 0.4) is 0 Å². The molecule has 8 heteroatoms. The van der Waals surface area contributed by atoms with Crippen molar-refractivity contribution in [1.29, 1.82) is 0 Å². The molecule has 42 heavy (non-hydrogen) atoms. The second-order valence-corrected chi connectivity index (χ2v) is 10.3. The lowest BCUT2D eigenvalue weighted by molar-refractivity contribution is -0.119. The first-order valence-corrected chi connectivity index (χ1v) is 14.4. The Hall–Kier alpha value is -4.72. The monoisotopic (exact) mass is 566 g/mol. The summed E-state index contributed by atoms with van der Waals surface area (Å²) in [7, 11) is 3.24. The fourth-order valence-corrected chi connectivity index (χ4v) is 5.48. The van der Waals surface area contributed by atoms with E-state index in [9.17, 15) is 9.59 Å². The minimum Gasteiger partial charge on any atom is -0.497 e. The molecule has 3 amide bonds. The number of amides is 3. The number of carbonyl (C=O) groups excluding carboxylic acids is 2. The quantitative estimate of drug-likeness (QED) is 0.228. The highest BCUT2D eigenvalue weighted by atomic mass is 16.5. The van der Waals surface area contributed by atoms with Gasteiger partial charge in [0, 0.05) is 24.0 Å². The first kappa shape index (κ1) is 28.8. The predicted octanol–water partition coefficient (Wildman–Crippen LogP) is 6.83. The second kappa shape index (κ2) is 12.9. The van der Waals surface area contributed by atoms with Crippen LogP contribution in [-0.4, -0.2) is 48.7 Å². The first-order valence-electron chi connectivity index (χ1n) is 14.4. The van der Waals surface area contributed by atoms with Gasteiger partial charge in [0.1, 0.15) is 24.1 Å². The van der Waals surface area contributed by atoms with E-state index < -0.39 is 6.04 Å². The summed E-state index contributed by atoms with van der Waals surface area (Å²) >= 11 is 0. The molecule has 218 valence electrons. The molecule has 0 saturated carbocycles. The molecular formula is C34H38N4O4. The molecule has 8 nitrogen and oxygen atoms in total. The average molecular weight is 567 g/mol. The molecule has 0 aliphatic carbocycles. The van der Waals surface area contributed by atoms with Gasteiger partial charge in [0.15, 0.2) is 0 Å². The maximum absolute atomic E-state index is 14.5. The third-order valence-electron chi connectivity index (χ3n) is 7.73. The number of aromatic nitrogens is 1. The van der Waals surface area contributed by atoms with Crippen molar-refractivity contribution in [2.24, 2.45) is 0 Å². The second-order valence-electron chi connectivity index (χ2n) is 10.3. The zero-order chi connectivity index (χ0) is 29.6. The van der Waals surface area contributed by atoms with Crippen molar-refractivity contribution in [2.75, 3.05) is 37.5 Å². The fraction of sp³-hybridized carbons (Fsp3) is 0.294. The van der Waals surface area contributed by atoms with Crippen LogP contribution in [0.1, 0.15) is 49.6 Å². The molecule has 1 aliphatic rings. The van der Waals surface area contributed by atoms with E-state index in [0.29, 0.717) is 23.7 Å². The smallest absolute Gasteiger partial charge is 0.322 e. The molecular weight excluding hydrogens is 528 g/mol. The van der Waals surface area contributed by atoms with Crippen LogP contribution in [0.4, 0.5) is 16.2 Å². The third kappa shape index (κ3) is 5.70. The molecule has 0 saturated heterocycles. The van der Waals surface area contributed by atoms with Crippen LogP contribution in [0.5, 0.6) is 11.5 Å². The fourth-order valence-electron chi connectivity index (χ4n) is 5.48. The van der Waals surface area contributed by atoms with Gasteiger partial charge < -0.3 is 24.3 Å². The number of benzene rings is 3. The molecule has 1 aromatic heterocycles. The number of para-hydroxylation sites is 2. The van der Waals surface area contributed by atoms with E-state index in [1.807, 2.05) is 85.1 Å². The Kier molecular flexibility index (Phi) is 8.81. The molecule has 4 aromatic rings. The number of aryl methyl sites for hydroxylation is 1. The first-order chi connectivity index (χ1) is 20.5. The summed E-state index contributed by atoms with van der Waals surface area (Å²) in [4.78, 5) is 31.4. The molecule has 2 heterocycles. The molecule has 1 aliphatic heterocycles. The van der Waals surface area contributed by atoms with Crippen LogP contribution < -0.4 is 19.7 Å². The number of hydrogen-bond acceptors (Lipinski definition) is 4. The summed E-state index contributed by atoms with van der Waals surface area (Å²) in [5, 5.41) is 2.99. The molecule has 0 spiro atoms. The van der Waals surface area contributed by atoms with Crippen molar-refractivity contribution in [3.8, 4) is 17.2 Å². The topological polar surface area (TPSA) is 76.0 Å². The van der Waals surface area contributed by atoms with E-state index in [2.05, 4.69) is 23.7 Å². The molecule has 1 N–H and O–H groups in total. The number of rotatable bonds is 10. The lowest BCUT2D eigenvalue weighted by atomic mass is 9.96. The molecule has 1 atom stereocenters. The Morgan fingerprint density at radius 3 is 2.36 bits per heavy atom. The maximum atomic E-state index is 14.5. The largest absolute Gasteiger partial charge is 0.497 e. The van der Waals surface area contributed by atoms with E-state index in [-0.39, 0.29) is 18.5 Å². The van der Waals surface area contributed by atoms with Crippen molar-refractivity contribution >= 4 is 23.3 Å². The van der Waals surface area contributed by atoms with E-state index >= 15 is 0 Å². The van der Waals surface area contributed by atoms with Gasteiger partial charge in [-0.15, -0.1) is 0 Å². The Balaban J connectivity index is 1.53. The lowest BCUT2D eigenvalue weighted by Gasteiger charge is -2.40. The number of anilines is 2. The summed E-state index contributed by atoms with van der Waals surface area (Å²) in [5.74, 6) is 1.10. The zero-order valence-electron chi connectivity index (χ0n) is 24.7.